The average molecular weight is 247 g/mol. The number of benzene rings is 1. The number of nitrogen functional groups attached to an aromatic ring is 1. The van der Waals surface area contributed by atoms with Crippen molar-refractivity contribution in [3.63, 3.8) is 0 Å². The van der Waals surface area contributed by atoms with Crippen LogP contribution >= 0.6 is 0 Å². The number of imidazole rings is 1. The molecular weight excluding hydrogens is 232 g/mol. The van der Waals surface area contributed by atoms with Crippen LogP contribution in [0.1, 0.15) is 0 Å². The largest absolute Gasteiger partial charge is 0.506 e. The number of rotatable bonds is 3. The Morgan fingerprint density at radius 1 is 1.56 bits per heavy atom. The highest BCUT2D eigenvalue weighted by atomic mass is 16.3. The van der Waals surface area contributed by atoms with Crippen molar-refractivity contribution in [2.45, 2.75) is 6.54 Å². The molecule has 0 saturated carbocycles. The number of aromatic hydroxyl groups is 1. The summed E-state index contributed by atoms with van der Waals surface area (Å²) < 4.78 is 3.56. The molecule has 18 heavy (non-hydrogen) atoms. The molecule has 0 unspecified atom stereocenters. The number of hydrogen-bond acceptors (Lipinski definition) is 3. The van der Waals surface area contributed by atoms with E-state index in [1.54, 1.807) is 29.2 Å². The number of nitrogens with one attached hydrogen (secondary N) is 1. The minimum atomic E-state index is -0.251. The predicted molar refractivity (Wildman–Crippen MR) is 66.8 cm³/mol. The van der Waals surface area contributed by atoms with Gasteiger partial charge in [-0.1, -0.05) is 6.07 Å². The fraction of sp³-hybridized carbons (Fsp3) is 0.167. The first-order valence-corrected chi connectivity index (χ1v) is 5.44. The number of nitrogens with two attached hydrogens (primary N) is 1. The Hall–Kier alpha value is -2.50. The lowest BCUT2D eigenvalue weighted by atomic mass is 10.2. The number of hydrogen-bond donors (Lipinski definition) is 3. The van der Waals surface area contributed by atoms with Crippen LogP contribution in [-0.4, -0.2) is 15.6 Å². The molecule has 0 radical (unpaired) electrons. The maximum atomic E-state index is 11.8. The smallest absolute Gasteiger partial charge is 0.266 e. The van der Waals surface area contributed by atoms with Crippen LogP contribution in [0.2, 0.25) is 0 Å². The number of phenolic OH excluding ortho intramolecular Hbond substituents is 1. The lowest BCUT2D eigenvalue weighted by Crippen LogP contribution is -2.25. The molecule has 1 heterocycles. The van der Waals surface area contributed by atoms with Crippen molar-refractivity contribution in [3.8, 4) is 5.75 Å². The molecule has 0 fully saturated rings. The molecule has 6 nitrogen and oxygen atoms in total. The molecule has 0 spiro atoms. The first-order chi connectivity index (χ1) is 8.56. The summed E-state index contributed by atoms with van der Waals surface area (Å²) in [6.07, 6.45) is 5.41. The molecule has 1 aromatic carbocycles. The van der Waals surface area contributed by atoms with E-state index < -0.39 is 0 Å². The van der Waals surface area contributed by atoms with Gasteiger partial charge in [-0.2, -0.15) is 0 Å². The zero-order valence-corrected chi connectivity index (χ0v) is 10.00. The lowest BCUT2D eigenvalue weighted by molar-refractivity contribution is -0.671. The Morgan fingerprint density at radius 3 is 2.94 bits per heavy atom. The Morgan fingerprint density at radius 2 is 2.33 bits per heavy atom. The third-order valence-electron chi connectivity index (χ3n) is 2.49. The second-order valence-corrected chi connectivity index (χ2v) is 4.04. The average Bonchev–Trinajstić information content (AvgIpc) is 2.69. The first-order valence-electron chi connectivity index (χ1n) is 5.44. The van der Waals surface area contributed by atoms with Crippen LogP contribution in [-0.2, 0) is 18.4 Å². The molecule has 6 heteroatoms. The van der Waals surface area contributed by atoms with Crippen molar-refractivity contribution < 1.29 is 14.5 Å². The predicted octanol–water partition coefficient (Wildman–Crippen LogP) is 0.239. The summed E-state index contributed by atoms with van der Waals surface area (Å²) in [4.78, 5) is 11.8. The normalized spacial score (nSPS) is 10.3. The molecule has 1 aromatic heterocycles. The highest BCUT2D eigenvalue weighted by Crippen LogP contribution is 2.28. The minimum Gasteiger partial charge on any atom is -0.506 e. The standard InChI is InChI=1S/C12H14N4O2/c1-15-5-6-16(8-15)7-11(18)14-12-9(13)3-2-4-10(12)17/h2-6,8H,7,13H2,1H3,(H-,14,17,18)/p+1. The van der Waals surface area contributed by atoms with Gasteiger partial charge in [-0.05, 0) is 12.1 Å². The number of aromatic nitrogens is 2. The number of para-hydroxylation sites is 1. The zero-order chi connectivity index (χ0) is 13.1. The lowest BCUT2D eigenvalue weighted by Gasteiger charge is -2.08. The fourth-order valence-electron chi connectivity index (χ4n) is 1.63. The SMILES string of the molecule is C[n+]1ccn(CC(=O)Nc2c(N)cccc2O)c1. The van der Waals surface area contributed by atoms with E-state index in [4.69, 9.17) is 5.73 Å². The van der Waals surface area contributed by atoms with E-state index in [2.05, 4.69) is 5.32 Å². The van der Waals surface area contributed by atoms with Gasteiger partial charge >= 0.3 is 0 Å². The van der Waals surface area contributed by atoms with Gasteiger partial charge in [0.05, 0.1) is 12.7 Å². The van der Waals surface area contributed by atoms with Crippen molar-refractivity contribution in [2.75, 3.05) is 11.1 Å². The van der Waals surface area contributed by atoms with Gasteiger partial charge in [-0.3, -0.25) is 4.79 Å². The second-order valence-electron chi connectivity index (χ2n) is 4.04. The van der Waals surface area contributed by atoms with Crippen molar-refractivity contribution in [3.05, 3.63) is 36.9 Å². The van der Waals surface area contributed by atoms with Crippen LogP contribution in [0.15, 0.2) is 36.9 Å². The molecular formula is C12H15N4O2+. The van der Waals surface area contributed by atoms with E-state index in [-0.39, 0.29) is 23.9 Å². The summed E-state index contributed by atoms with van der Waals surface area (Å²) >= 11 is 0. The Bertz CT molecular complexity index is 557. The van der Waals surface area contributed by atoms with E-state index in [0.717, 1.165) is 0 Å². The van der Waals surface area contributed by atoms with Crippen molar-refractivity contribution in [1.82, 2.24) is 4.57 Å². The van der Waals surface area contributed by atoms with Gasteiger partial charge in [0.2, 0.25) is 6.33 Å². The van der Waals surface area contributed by atoms with Gasteiger partial charge in [-0.15, -0.1) is 0 Å². The number of amides is 1. The number of nitrogens with zero attached hydrogens (tertiary/aromatic N) is 2. The molecule has 0 saturated heterocycles. The molecule has 2 rings (SSSR count). The van der Waals surface area contributed by atoms with Crippen LogP contribution in [0.3, 0.4) is 0 Å². The maximum absolute atomic E-state index is 11.8. The van der Waals surface area contributed by atoms with E-state index in [0.29, 0.717) is 5.69 Å². The molecule has 94 valence electrons. The van der Waals surface area contributed by atoms with Gasteiger partial charge in [0.25, 0.3) is 5.91 Å². The van der Waals surface area contributed by atoms with Crippen LogP contribution < -0.4 is 15.6 Å². The van der Waals surface area contributed by atoms with Gasteiger partial charge in [-0.25, -0.2) is 9.13 Å². The summed E-state index contributed by atoms with van der Waals surface area (Å²) in [5.41, 5.74) is 6.27. The summed E-state index contributed by atoms with van der Waals surface area (Å²) in [6.45, 7) is 0.161. The van der Waals surface area contributed by atoms with Gasteiger partial charge in [0.1, 0.15) is 23.8 Å². The molecule has 0 atom stereocenters. The van der Waals surface area contributed by atoms with Gasteiger partial charge in [0.15, 0.2) is 6.54 Å². The number of carbonyl (C=O) groups excluding carboxylic acids is 1. The first kappa shape index (κ1) is 12.0. The Labute approximate surface area is 104 Å². The topological polar surface area (TPSA) is 84.2 Å². The highest BCUT2D eigenvalue weighted by Gasteiger charge is 2.12. The van der Waals surface area contributed by atoms with Gasteiger partial charge in [0, 0.05) is 0 Å². The summed E-state index contributed by atoms with van der Waals surface area (Å²) in [7, 11) is 1.87. The monoisotopic (exact) mass is 247 g/mol. The molecule has 1 amide bonds. The number of phenols is 1. The van der Waals surface area contributed by atoms with E-state index in [1.807, 2.05) is 17.8 Å². The Kier molecular flexibility index (Phi) is 3.18. The van der Waals surface area contributed by atoms with Crippen LogP contribution in [0.4, 0.5) is 11.4 Å². The second kappa shape index (κ2) is 4.79. The number of anilines is 2. The third kappa shape index (κ3) is 2.60. The fourth-order valence-corrected chi connectivity index (χ4v) is 1.63. The van der Waals surface area contributed by atoms with Crippen LogP contribution in [0.25, 0.3) is 0 Å². The summed E-state index contributed by atoms with van der Waals surface area (Å²) in [5, 5.41) is 12.2. The molecule has 0 bridgehead atoms. The van der Waals surface area contributed by atoms with Crippen LogP contribution in [0, 0.1) is 0 Å². The molecule has 0 aliphatic carbocycles. The highest BCUT2D eigenvalue weighted by molar-refractivity contribution is 5.95. The molecule has 2 aromatic rings. The maximum Gasteiger partial charge on any atom is 0.266 e. The van der Waals surface area contributed by atoms with Crippen LogP contribution in [0.5, 0.6) is 5.75 Å². The number of aryl methyl sites for hydroxylation is 1. The molecule has 0 aliphatic rings. The number of carbonyl (C=O) groups is 1. The van der Waals surface area contributed by atoms with Crippen molar-refractivity contribution in [2.24, 2.45) is 7.05 Å². The zero-order valence-electron chi connectivity index (χ0n) is 10.00. The summed E-state index contributed by atoms with van der Waals surface area (Å²) in [5.74, 6) is -0.291. The quantitative estimate of drug-likeness (QED) is 0.412. The Balaban J connectivity index is 2.08. The van der Waals surface area contributed by atoms with E-state index >= 15 is 0 Å². The third-order valence-corrected chi connectivity index (χ3v) is 2.49. The minimum absolute atomic E-state index is 0.0404. The van der Waals surface area contributed by atoms with Gasteiger partial charge < -0.3 is 16.2 Å². The van der Waals surface area contributed by atoms with E-state index in [9.17, 15) is 9.90 Å². The molecule has 0 aliphatic heterocycles. The van der Waals surface area contributed by atoms with E-state index in [1.165, 1.54) is 6.07 Å². The molecule has 4 N–H and O–H groups in total. The van der Waals surface area contributed by atoms with Crippen molar-refractivity contribution >= 4 is 17.3 Å². The van der Waals surface area contributed by atoms with Crippen molar-refractivity contribution in [1.29, 1.82) is 0 Å². The summed E-state index contributed by atoms with van der Waals surface area (Å²) in [6, 6.07) is 4.71.